The fourth-order valence-electron chi connectivity index (χ4n) is 3.85. The van der Waals surface area contributed by atoms with Crippen LogP contribution in [0.15, 0.2) is 68.0 Å². The Hall–Kier alpha value is -4.12. The van der Waals surface area contributed by atoms with Crippen LogP contribution in [0, 0.1) is 14.7 Å². The summed E-state index contributed by atoms with van der Waals surface area (Å²) in [6.07, 6.45) is -0.307. The van der Waals surface area contributed by atoms with Crippen LogP contribution in [-0.4, -0.2) is 60.9 Å². The lowest BCUT2D eigenvalue weighted by molar-refractivity contribution is 0.0504. The molecule has 0 spiro atoms. The zero-order valence-corrected chi connectivity index (χ0v) is 19.7. The number of hydrogen-bond acceptors (Lipinski definition) is 14. The molecule has 192 valence electrons. The molecule has 0 unspecified atom stereocenters. The SMILES string of the molecule is NOC(=O)c1cccc(C[C@H](N=NC(=O)c2cccc(CN3CCN(N)CC3)c2)B(N=O)N=O)c1N=O. The zero-order valence-electron chi connectivity index (χ0n) is 19.7. The Labute approximate surface area is 211 Å². The molecule has 0 radical (unpaired) electrons. The molecule has 1 atom stereocenters. The number of carbonyl (C=O) groups excluding carboxylic acids is 2. The van der Waals surface area contributed by atoms with Crippen molar-refractivity contribution in [2.75, 3.05) is 26.2 Å². The molecule has 16 heteroatoms. The Bertz CT molecular complexity index is 1180. The normalized spacial score (nSPS) is 15.2. The van der Waals surface area contributed by atoms with Gasteiger partial charge in [0.1, 0.15) is 11.6 Å². The Morgan fingerprint density at radius 1 is 1.03 bits per heavy atom. The number of nitroso groups, excluding NO2 is 3. The van der Waals surface area contributed by atoms with Crippen molar-refractivity contribution in [2.45, 2.75) is 18.9 Å². The van der Waals surface area contributed by atoms with Crippen LogP contribution in [0.5, 0.6) is 0 Å². The maximum absolute atomic E-state index is 12.7. The lowest BCUT2D eigenvalue weighted by Gasteiger charge is -2.31. The predicted octanol–water partition coefficient (Wildman–Crippen LogP) is 1.87. The largest absolute Gasteiger partial charge is 0.543 e. The van der Waals surface area contributed by atoms with E-state index in [9.17, 15) is 24.3 Å². The first-order valence-corrected chi connectivity index (χ1v) is 11.2. The third kappa shape index (κ3) is 7.20. The van der Waals surface area contributed by atoms with E-state index in [1.54, 1.807) is 23.2 Å². The van der Waals surface area contributed by atoms with Crippen LogP contribution < -0.4 is 11.7 Å². The van der Waals surface area contributed by atoms with Crippen molar-refractivity contribution >= 4 is 24.5 Å². The minimum Gasteiger partial charge on any atom is -0.370 e. The van der Waals surface area contributed by atoms with E-state index in [4.69, 9.17) is 11.7 Å². The highest BCUT2D eigenvalue weighted by atomic mass is 16.7. The summed E-state index contributed by atoms with van der Waals surface area (Å²) in [4.78, 5) is 64.7. The van der Waals surface area contributed by atoms with Gasteiger partial charge in [-0.2, -0.15) is 20.8 Å². The van der Waals surface area contributed by atoms with Crippen LogP contribution in [0.25, 0.3) is 0 Å². The standard InChI is InChI=1S/C21H24BN9O6/c23-31-9-7-30(8-10-31)13-14-3-1-5-16(11-14)20(32)26-25-18(22(28-35)29-36)12-15-4-2-6-17(19(15)27-34)21(33)37-24/h1-6,11,18H,7-10,12-13,23-24H2/t18-/m0/s1. The molecule has 0 aliphatic carbocycles. The number of piperazine rings is 1. The van der Waals surface area contributed by atoms with Crippen molar-refractivity contribution in [2.24, 2.45) is 37.3 Å². The Morgan fingerprint density at radius 2 is 1.73 bits per heavy atom. The van der Waals surface area contributed by atoms with E-state index in [2.05, 4.69) is 35.3 Å². The van der Waals surface area contributed by atoms with Gasteiger partial charge in [0.15, 0.2) is 0 Å². The van der Waals surface area contributed by atoms with E-state index in [-0.39, 0.29) is 28.8 Å². The van der Waals surface area contributed by atoms with Gasteiger partial charge < -0.3 is 4.84 Å². The smallest absolute Gasteiger partial charge is 0.370 e. The lowest BCUT2D eigenvalue weighted by atomic mass is 9.68. The number of rotatable bonds is 11. The third-order valence-corrected chi connectivity index (χ3v) is 5.81. The maximum atomic E-state index is 12.7. The van der Waals surface area contributed by atoms with Crippen molar-refractivity contribution < 1.29 is 14.4 Å². The Morgan fingerprint density at radius 3 is 2.38 bits per heavy atom. The van der Waals surface area contributed by atoms with Crippen LogP contribution in [0.2, 0.25) is 0 Å². The lowest BCUT2D eigenvalue weighted by Crippen LogP contribution is -2.48. The van der Waals surface area contributed by atoms with E-state index in [1.165, 1.54) is 18.2 Å². The van der Waals surface area contributed by atoms with Crippen molar-refractivity contribution in [3.05, 3.63) is 79.4 Å². The van der Waals surface area contributed by atoms with Crippen LogP contribution in [0.4, 0.5) is 5.69 Å². The summed E-state index contributed by atoms with van der Waals surface area (Å²) < 4.78 is 0. The first-order chi connectivity index (χ1) is 17.9. The fourth-order valence-corrected chi connectivity index (χ4v) is 3.85. The average Bonchev–Trinajstić information content (AvgIpc) is 2.92. The summed E-state index contributed by atoms with van der Waals surface area (Å²) in [6, 6.07) is 10.9. The zero-order chi connectivity index (χ0) is 26.8. The molecule has 4 N–H and O–H groups in total. The minimum absolute atomic E-state index is 0.117. The molecule has 0 bridgehead atoms. The van der Waals surface area contributed by atoms with Crippen LogP contribution in [0.3, 0.4) is 0 Å². The quantitative estimate of drug-likeness (QED) is 0.147. The number of nitrogens with two attached hydrogens (primary N) is 2. The topological polar surface area (TPSA) is 215 Å². The number of nitrogens with zero attached hydrogens (tertiary/aromatic N) is 7. The second-order valence-electron chi connectivity index (χ2n) is 8.24. The van der Waals surface area contributed by atoms with Gasteiger partial charge in [0.05, 0.1) is 5.56 Å². The van der Waals surface area contributed by atoms with Crippen molar-refractivity contribution in [1.82, 2.24) is 9.91 Å². The maximum Gasteiger partial charge on any atom is 0.543 e. The van der Waals surface area contributed by atoms with Crippen LogP contribution in [-0.2, 0) is 17.8 Å². The molecule has 2 aromatic rings. The molecule has 1 saturated heterocycles. The molecule has 0 saturated carbocycles. The summed E-state index contributed by atoms with van der Waals surface area (Å²) in [5, 5.41) is 17.3. The van der Waals surface area contributed by atoms with Gasteiger partial charge in [-0.25, -0.2) is 9.80 Å². The number of carbonyl (C=O) groups is 2. The highest BCUT2D eigenvalue weighted by Crippen LogP contribution is 2.27. The molecular weight excluding hydrogens is 485 g/mol. The van der Waals surface area contributed by atoms with Crippen LogP contribution >= 0.6 is 0 Å². The Kier molecular flexibility index (Phi) is 9.85. The summed E-state index contributed by atoms with van der Waals surface area (Å²) in [5.41, 5.74) is 0.681. The summed E-state index contributed by atoms with van der Waals surface area (Å²) in [7, 11) is 0. The molecule has 3 rings (SSSR count). The van der Waals surface area contributed by atoms with Gasteiger partial charge in [-0.3, -0.25) is 15.5 Å². The van der Waals surface area contributed by atoms with E-state index < -0.39 is 24.8 Å². The molecule has 0 aromatic heterocycles. The first-order valence-electron chi connectivity index (χ1n) is 11.2. The number of hydrogen-bond donors (Lipinski definition) is 2. The summed E-state index contributed by atoms with van der Waals surface area (Å²) >= 11 is 0. The molecule has 1 amide bonds. The summed E-state index contributed by atoms with van der Waals surface area (Å²) in [5.74, 6) is 7.59. The minimum atomic E-state index is -1.76. The number of amides is 1. The molecule has 2 aromatic carbocycles. The van der Waals surface area contributed by atoms with E-state index in [0.717, 1.165) is 31.7 Å². The highest BCUT2D eigenvalue weighted by Gasteiger charge is 2.33. The van der Waals surface area contributed by atoms with Gasteiger partial charge in [0.25, 0.3) is 5.91 Å². The molecule has 1 aliphatic heterocycles. The predicted molar refractivity (Wildman–Crippen MR) is 133 cm³/mol. The molecule has 1 aliphatic rings. The molecule has 15 nitrogen and oxygen atoms in total. The molecule has 1 heterocycles. The second kappa shape index (κ2) is 13.3. The van der Waals surface area contributed by atoms with Gasteiger partial charge in [0.2, 0.25) is 0 Å². The molecule has 1 fully saturated rings. The van der Waals surface area contributed by atoms with E-state index in [1.807, 2.05) is 6.07 Å². The van der Waals surface area contributed by atoms with Gasteiger partial charge in [-0.1, -0.05) is 24.3 Å². The first kappa shape index (κ1) is 27.5. The number of benzene rings is 2. The number of azo groups is 1. The van der Waals surface area contributed by atoms with Gasteiger partial charge in [-0.15, -0.1) is 20.2 Å². The molecule has 37 heavy (non-hydrogen) atoms. The van der Waals surface area contributed by atoms with Crippen molar-refractivity contribution in [3.63, 3.8) is 0 Å². The van der Waals surface area contributed by atoms with Gasteiger partial charge in [-0.05, 0) is 40.9 Å². The van der Waals surface area contributed by atoms with Gasteiger partial charge in [0, 0.05) is 38.3 Å². The van der Waals surface area contributed by atoms with E-state index >= 15 is 0 Å². The van der Waals surface area contributed by atoms with Crippen molar-refractivity contribution in [3.8, 4) is 0 Å². The third-order valence-electron chi connectivity index (χ3n) is 5.81. The highest BCUT2D eigenvalue weighted by molar-refractivity contribution is 6.56. The van der Waals surface area contributed by atoms with Gasteiger partial charge >= 0.3 is 13.0 Å². The second-order valence-corrected chi connectivity index (χ2v) is 8.24. The Balaban J connectivity index is 1.80. The van der Waals surface area contributed by atoms with E-state index in [0.29, 0.717) is 6.54 Å². The monoisotopic (exact) mass is 509 g/mol. The average molecular weight is 509 g/mol. The van der Waals surface area contributed by atoms with Crippen LogP contribution in [0.1, 0.15) is 31.8 Å². The molecular formula is C21H24BN9O6. The number of hydrazine groups is 1. The van der Waals surface area contributed by atoms with Crippen molar-refractivity contribution in [1.29, 1.82) is 0 Å². The summed E-state index contributed by atoms with van der Waals surface area (Å²) in [6.45, 7) is 1.91. The fraction of sp³-hybridized carbons (Fsp3) is 0.333.